The minimum atomic E-state index is -4.29. The molecule has 0 spiro atoms. The van der Waals surface area contributed by atoms with E-state index in [2.05, 4.69) is 0 Å². The molecule has 0 fully saturated rings. The summed E-state index contributed by atoms with van der Waals surface area (Å²) in [6.45, 7) is 6.04. The van der Waals surface area contributed by atoms with Crippen molar-refractivity contribution in [2.24, 2.45) is 0 Å². The first-order valence-electron chi connectivity index (χ1n) is 7.94. The Morgan fingerprint density at radius 2 is 1.69 bits per heavy atom. The summed E-state index contributed by atoms with van der Waals surface area (Å²) < 4.78 is 65.3. The van der Waals surface area contributed by atoms with Gasteiger partial charge < -0.3 is 0 Å². The van der Waals surface area contributed by atoms with Crippen LogP contribution in [-0.4, -0.2) is 48.5 Å². The Morgan fingerprint density at radius 3 is 2.27 bits per heavy atom. The molecule has 0 radical (unpaired) electrons. The zero-order valence-corrected chi connectivity index (χ0v) is 16.2. The van der Waals surface area contributed by atoms with Crippen LogP contribution >= 0.6 is 0 Å². The summed E-state index contributed by atoms with van der Waals surface area (Å²) in [5.74, 6) is -0.389. The standard InChI is InChI=1S/C17H19NO6S2/c1-11-17(2,3)16-14-6-5-13(26(22,23)24)10-12(14)4-7-15(16)18(11)8-9-25(19,20)21/h4-7,10H,8-9H2,1-3H3,(H-,19,20,21,22,23,24)/p+1. The second kappa shape index (κ2) is 5.85. The topological polar surface area (TPSA) is 112 Å². The highest BCUT2D eigenvalue weighted by atomic mass is 32.2. The molecule has 0 bridgehead atoms. The molecule has 7 nitrogen and oxygen atoms in total. The molecule has 1 heterocycles. The SMILES string of the molecule is CC1=[N+](CCS(=O)(=O)O)c2ccc3cc(S(=O)(=O)O)ccc3c2C1(C)C. The van der Waals surface area contributed by atoms with Crippen LogP contribution in [0.5, 0.6) is 0 Å². The quantitative estimate of drug-likeness (QED) is 0.604. The lowest BCUT2D eigenvalue weighted by molar-refractivity contribution is -0.433. The predicted molar refractivity (Wildman–Crippen MR) is 98.7 cm³/mol. The summed E-state index contributed by atoms with van der Waals surface area (Å²) in [7, 11) is -8.38. The number of hydrogen-bond donors (Lipinski definition) is 2. The van der Waals surface area contributed by atoms with Crippen molar-refractivity contribution in [3.05, 3.63) is 35.9 Å². The van der Waals surface area contributed by atoms with E-state index in [4.69, 9.17) is 4.55 Å². The van der Waals surface area contributed by atoms with E-state index in [1.165, 1.54) is 12.1 Å². The third-order valence-electron chi connectivity index (χ3n) is 5.07. The molecule has 0 atom stereocenters. The fraction of sp³-hybridized carbons (Fsp3) is 0.353. The fourth-order valence-electron chi connectivity index (χ4n) is 3.53. The number of nitrogens with zero attached hydrogens (tertiary/aromatic N) is 1. The Labute approximate surface area is 152 Å². The van der Waals surface area contributed by atoms with Gasteiger partial charge in [-0.25, -0.2) is 0 Å². The fourth-order valence-corrected chi connectivity index (χ4v) is 4.46. The van der Waals surface area contributed by atoms with E-state index in [1.54, 1.807) is 18.2 Å². The maximum atomic E-state index is 11.4. The largest absolute Gasteiger partial charge is 0.294 e. The van der Waals surface area contributed by atoms with E-state index < -0.39 is 25.7 Å². The molecule has 2 aromatic carbocycles. The lowest BCUT2D eigenvalue weighted by Gasteiger charge is -2.17. The molecule has 3 rings (SSSR count). The van der Waals surface area contributed by atoms with Gasteiger partial charge in [-0.2, -0.15) is 21.4 Å². The molecule has 0 saturated heterocycles. The van der Waals surface area contributed by atoms with E-state index in [0.29, 0.717) is 5.39 Å². The van der Waals surface area contributed by atoms with Crippen LogP contribution in [0.4, 0.5) is 5.69 Å². The van der Waals surface area contributed by atoms with E-state index in [9.17, 15) is 21.4 Å². The third kappa shape index (κ3) is 3.16. The van der Waals surface area contributed by atoms with Gasteiger partial charge in [-0.1, -0.05) is 6.07 Å². The van der Waals surface area contributed by atoms with Gasteiger partial charge in [0, 0.05) is 18.6 Å². The number of rotatable bonds is 4. The van der Waals surface area contributed by atoms with Crippen LogP contribution in [0.15, 0.2) is 35.2 Å². The second-order valence-corrected chi connectivity index (χ2v) is 9.96. The van der Waals surface area contributed by atoms with Crippen LogP contribution in [0.3, 0.4) is 0 Å². The number of fused-ring (bicyclic) bond motifs is 3. The first-order chi connectivity index (χ1) is 11.8. The van der Waals surface area contributed by atoms with Crippen molar-refractivity contribution in [3.8, 4) is 0 Å². The van der Waals surface area contributed by atoms with Gasteiger partial charge in [-0.3, -0.25) is 9.11 Å². The van der Waals surface area contributed by atoms with Crippen molar-refractivity contribution in [2.45, 2.75) is 31.1 Å². The molecule has 26 heavy (non-hydrogen) atoms. The molecule has 0 aromatic heterocycles. The van der Waals surface area contributed by atoms with Crippen molar-refractivity contribution in [1.82, 2.24) is 0 Å². The van der Waals surface area contributed by atoms with Gasteiger partial charge in [0.25, 0.3) is 20.2 Å². The monoisotopic (exact) mass is 398 g/mol. The molecule has 0 unspecified atom stereocenters. The molecule has 2 aromatic rings. The highest BCUT2D eigenvalue weighted by Crippen LogP contribution is 2.44. The van der Waals surface area contributed by atoms with E-state index >= 15 is 0 Å². The Bertz CT molecular complexity index is 1160. The van der Waals surface area contributed by atoms with Crippen molar-refractivity contribution < 1.29 is 30.5 Å². The van der Waals surface area contributed by atoms with E-state index in [0.717, 1.165) is 22.3 Å². The Morgan fingerprint density at radius 1 is 1.04 bits per heavy atom. The van der Waals surface area contributed by atoms with Gasteiger partial charge in [0.05, 0.1) is 10.3 Å². The van der Waals surface area contributed by atoms with Crippen LogP contribution in [-0.2, 0) is 25.7 Å². The van der Waals surface area contributed by atoms with Gasteiger partial charge in [0.1, 0.15) is 5.75 Å². The van der Waals surface area contributed by atoms with Crippen LogP contribution in [0, 0.1) is 0 Å². The first-order valence-corrected chi connectivity index (χ1v) is 11.0. The summed E-state index contributed by atoms with van der Waals surface area (Å²) in [6.07, 6.45) is 0. The first kappa shape index (κ1) is 19.0. The summed E-state index contributed by atoms with van der Waals surface area (Å²) in [5, 5.41) is 1.49. The number of hydrogen-bond acceptors (Lipinski definition) is 4. The van der Waals surface area contributed by atoms with Gasteiger partial charge in [-0.05, 0) is 42.8 Å². The molecule has 0 aliphatic carbocycles. The highest BCUT2D eigenvalue weighted by molar-refractivity contribution is 7.86. The smallest absolute Gasteiger partial charge is 0.285 e. The lowest BCUT2D eigenvalue weighted by Crippen LogP contribution is -2.28. The number of benzene rings is 2. The average molecular weight is 398 g/mol. The summed E-state index contributed by atoms with van der Waals surface area (Å²) >= 11 is 0. The van der Waals surface area contributed by atoms with E-state index in [-0.39, 0.29) is 17.2 Å². The Hall–Kier alpha value is -1.81. The van der Waals surface area contributed by atoms with Crippen molar-refractivity contribution in [3.63, 3.8) is 0 Å². The molecule has 0 amide bonds. The predicted octanol–water partition coefficient (Wildman–Crippen LogP) is 2.37. The van der Waals surface area contributed by atoms with Crippen molar-refractivity contribution in [1.29, 1.82) is 0 Å². The minimum absolute atomic E-state index is 0.121. The summed E-state index contributed by atoms with van der Waals surface area (Å²) in [4.78, 5) is -0.176. The van der Waals surface area contributed by atoms with Crippen molar-refractivity contribution >= 4 is 42.4 Å². The van der Waals surface area contributed by atoms with Gasteiger partial charge >= 0.3 is 0 Å². The van der Waals surface area contributed by atoms with Crippen LogP contribution in [0.1, 0.15) is 26.3 Å². The van der Waals surface area contributed by atoms with Gasteiger partial charge in [0.15, 0.2) is 12.3 Å². The molecule has 140 valence electrons. The summed E-state index contributed by atoms with van der Waals surface area (Å²) in [5.41, 5.74) is 2.30. The molecular formula is C17H20NO6S2+. The highest BCUT2D eigenvalue weighted by Gasteiger charge is 2.44. The molecule has 1 aliphatic heterocycles. The molecular weight excluding hydrogens is 378 g/mol. The maximum absolute atomic E-state index is 11.4. The zero-order chi connectivity index (χ0) is 19.5. The Kier molecular flexibility index (Phi) is 4.27. The molecule has 0 saturated carbocycles. The average Bonchev–Trinajstić information content (AvgIpc) is 2.70. The van der Waals surface area contributed by atoms with Crippen LogP contribution < -0.4 is 0 Å². The lowest BCUT2D eigenvalue weighted by atomic mass is 9.80. The molecule has 1 aliphatic rings. The minimum Gasteiger partial charge on any atom is -0.285 e. The third-order valence-corrected chi connectivity index (χ3v) is 6.61. The van der Waals surface area contributed by atoms with Crippen LogP contribution in [0.25, 0.3) is 10.8 Å². The normalized spacial score (nSPS) is 17.0. The second-order valence-electron chi connectivity index (χ2n) is 6.97. The van der Waals surface area contributed by atoms with Crippen molar-refractivity contribution in [2.75, 3.05) is 12.3 Å². The van der Waals surface area contributed by atoms with Crippen LogP contribution in [0.2, 0.25) is 0 Å². The molecule has 9 heteroatoms. The molecule has 2 N–H and O–H groups in total. The zero-order valence-electron chi connectivity index (χ0n) is 14.6. The van der Waals surface area contributed by atoms with Gasteiger partial charge in [0.2, 0.25) is 5.69 Å². The van der Waals surface area contributed by atoms with Gasteiger partial charge in [-0.15, -0.1) is 0 Å². The Balaban J connectivity index is 2.21. The maximum Gasteiger partial charge on any atom is 0.294 e. The van der Waals surface area contributed by atoms with E-state index in [1.807, 2.05) is 25.3 Å². The summed E-state index contributed by atoms with van der Waals surface area (Å²) in [6, 6.07) is 7.95.